The molecule has 0 heterocycles. The lowest BCUT2D eigenvalue weighted by atomic mass is 10.0. The summed E-state index contributed by atoms with van der Waals surface area (Å²) in [6.45, 7) is 3.16. The van der Waals surface area contributed by atoms with E-state index in [-0.39, 0.29) is 5.06 Å². The molecule has 3 nitrogen and oxygen atoms in total. The average Bonchev–Trinajstić information content (AvgIpc) is 2.50. The van der Waals surface area contributed by atoms with E-state index in [1.54, 1.807) is 0 Å². The number of hydroxylamine groups is 2. The molecule has 0 saturated heterocycles. The Morgan fingerprint density at radius 1 is 0.565 bits per heavy atom. The fourth-order valence-electron chi connectivity index (χ4n) is 2.69. The van der Waals surface area contributed by atoms with Gasteiger partial charge in [0.25, 0.3) is 0 Å². The van der Waals surface area contributed by atoms with Crippen molar-refractivity contribution in [2.45, 2.75) is 110 Å². The molecule has 0 fully saturated rings. The number of quaternary nitrogens is 1. The van der Waals surface area contributed by atoms with Gasteiger partial charge in [-0.3, -0.25) is 0 Å². The Kier molecular flexibility index (Phi) is 26.4. The number of hydrogen-bond acceptors (Lipinski definition) is 2. The number of nitrogens with two attached hydrogens (primary N) is 1. The topological polar surface area (TPSA) is 53.5 Å². The van der Waals surface area contributed by atoms with Crippen molar-refractivity contribution in [1.82, 2.24) is 0 Å². The highest BCUT2D eigenvalue weighted by atomic mass is 16.5. The van der Waals surface area contributed by atoms with Gasteiger partial charge in [-0.15, -0.1) is 0 Å². The van der Waals surface area contributed by atoms with Gasteiger partial charge in [-0.2, -0.15) is 0 Å². The van der Waals surface area contributed by atoms with Gasteiger partial charge < -0.3 is 16.0 Å². The van der Waals surface area contributed by atoms with Crippen LogP contribution in [-0.4, -0.2) is 20.6 Å². The molecule has 0 aromatic carbocycles. The molecule has 0 aromatic rings. The van der Waals surface area contributed by atoms with Crippen molar-refractivity contribution in [3.63, 3.8) is 0 Å². The zero-order chi connectivity index (χ0) is 17.6. The molecule has 0 spiro atoms. The summed E-state index contributed by atoms with van der Waals surface area (Å²) in [7, 11) is 3.06. The number of unbranched alkanes of at least 4 members (excludes halogenated alkanes) is 15. The zero-order valence-electron chi connectivity index (χ0n) is 16.5. The van der Waals surface area contributed by atoms with Crippen LogP contribution in [0.5, 0.6) is 0 Å². The molecule has 0 unspecified atom stereocenters. The quantitative estimate of drug-likeness (QED) is 0.314. The van der Waals surface area contributed by atoms with Crippen LogP contribution in [-0.2, 0) is 0 Å². The summed E-state index contributed by atoms with van der Waals surface area (Å²) < 4.78 is 0. The molecule has 0 bridgehead atoms. The maximum absolute atomic E-state index is 9.44. The van der Waals surface area contributed by atoms with E-state index in [4.69, 9.17) is 5.73 Å². The van der Waals surface area contributed by atoms with Crippen LogP contribution in [0.1, 0.15) is 110 Å². The second-order valence-electron chi connectivity index (χ2n) is 7.00. The summed E-state index contributed by atoms with van der Waals surface area (Å²) >= 11 is 0. The fourth-order valence-corrected chi connectivity index (χ4v) is 2.69. The van der Waals surface area contributed by atoms with Gasteiger partial charge in [-0.1, -0.05) is 103 Å². The molecule has 0 amide bonds. The minimum atomic E-state index is 0.167. The number of hydrogen-bond donors (Lipinski definition) is 2. The van der Waals surface area contributed by atoms with Crippen LogP contribution >= 0.6 is 0 Å². The van der Waals surface area contributed by atoms with E-state index in [0.29, 0.717) is 0 Å². The van der Waals surface area contributed by atoms with E-state index < -0.39 is 0 Å². The summed E-state index contributed by atoms with van der Waals surface area (Å²) in [5, 5.41) is 9.61. The summed E-state index contributed by atoms with van der Waals surface area (Å²) in [6, 6.07) is 0. The minimum Gasteiger partial charge on any atom is -0.635 e. The second kappa shape index (κ2) is 24.1. The Balaban J connectivity index is 0. The Labute approximate surface area is 147 Å². The summed E-state index contributed by atoms with van der Waals surface area (Å²) in [5.41, 5.74) is 5.48. The van der Waals surface area contributed by atoms with Gasteiger partial charge in [0.05, 0.1) is 14.1 Å². The van der Waals surface area contributed by atoms with Crippen molar-refractivity contribution in [2.24, 2.45) is 5.73 Å². The summed E-state index contributed by atoms with van der Waals surface area (Å²) in [5.74, 6) is 0. The van der Waals surface area contributed by atoms with Crippen molar-refractivity contribution in [3.8, 4) is 0 Å². The van der Waals surface area contributed by atoms with Crippen LogP contribution in [0.15, 0.2) is 0 Å². The molecule has 0 rings (SSSR count). The highest BCUT2D eigenvalue weighted by Crippen LogP contribution is 2.13. The van der Waals surface area contributed by atoms with Crippen LogP contribution in [0.2, 0.25) is 0 Å². The smallest absolute Gasteiger partial charge is 0.0660 e. The first-order chi connectivity index (χ1) is 11.1. The van der Waals surface area contributed by atoms with Gasteiger partial charge >= 0.3 is 0 Å². The third-order valence-electron chi connectivity index (χ3n) is 4.06. The zero-order valence-corrected chi connectivity index (χ0v) is 16.5. The van der Waals surface area contributed by atoms with Crippen LogP contribution in [0.4, 0.5) is 0 Å². The van der Waals surface area contributed by atoms with E-state index in [9.17, 15) is 5.21 Å². The van der Waals surface area contributed by atoms with Gasteiger partial charge in [0, 0.05) is 0 Å². The predicted molar refractivity (Wildman–Crippen MR) is 105 cm³/mol. The third kappa shape index (κ3) is 34.3. The van der Waals surface area contributed by atoms with Gasteiger partial charge in [0.15, 0.2) is 0 Å². The molecule has 0 saturated carbocycles. The minimum absolute atomic E-state index is 0.167. The second-order valence-corrected chi connectivity index (χ2v) is 7.00. The van der Waals surface area contributed by atoms with Crippen molar-refractivity contribution in [3.05, 3.63) is 5.21 Å². The van der Waals surface area contributed by atoms with E-state index in [2.05, 4.69) is 6.92 Å². The number of rotatable bonds is 16. The summed E-state index contributed by atoms with van der Waals surface area (Å²) in [6.07, 6.45) is 22.9. The van der Waals surface area contributed by atoms with Gasteiger partial charge in [0.2, 0.25) is 0 Å². The molecule has 0 aliphatic carbocycles. The maximum atomic E-state index is 9.44. The lowest BCUT2D eigenvalue weighted by molar-refractivity contribution is -0.802. The molecule has 0 radical (unpaired) electrons. The largest absolute Gasteiger partial charge is 0.635 e. The Morgan fingerprint density at radius 2 is 0.783 bits per heavy atom. The Hall–Kier alpha value is -0.120. The highest BCUT2D eigenvalue weighted by Gasteiger charge is 1.94. The third-order valence-corrected chi connectivity index (χ3v) is 4.06. The first-order valence-corrected chi connectivity index (χ1v) is 10.3. The molecule has 23 heavy (non-hydrogen) atoms. The van der Waals surface area contributed by atoms with Crippen molar-refractivity contribution in [2.75, 3.05) is 20.6 Å². The first kappa shape index (κ1) is 25.1. The highest BCUT2D eigenvalue weighted by molar-refractivity contribution is 4.49. The van der Waals surface area contributed by atoms with E-state index in [1.165, 1.54) is 117 Å². The van der Waals surface area contributed by atoms with Crippen LogP contribution in [0.3, 0.4) is 0 Å². The van der Waals surface area contributed by atoms with Crippen molar-refractivity contribution >= 4 is 0 Å². The fraction of sp³-hybridized carbons (Fsp3) is 1.00. The van der Waals surface area contributed by atoms with Gasteiger partial charge in [-0.05, 0) is 13.0 Å². The molecule has 142 valence electrons. The SMILES string of the molecule is CCCCCCCCCCCCCCCCCCN.C[NH+](C)[O-]. The maximum Gasteiger partial charge on any atom is 0.0660 e. The molecule has 0 atom stereocenters. The summed E-state index contributed by atoms with van der Waals surface area (Å²) in [4.78, 5) is 0. The standard InChI is InChI=1S/C18H39N.C2H7NO/c1-2-3-4-5-6-7-8-9-10-11-12-13-14-15-16-17-18-19;1-3(2)4/h2-19H2,1H3;3H,1-2H3. The molecule has 3 N–H and O–H groups in total. The van der Waals surface area contributed by atoms with Crippen LogP contribution < -0.4 is 10.8 Å². The Morgan fingerprint density at radius 3 is 1.00 bits per heavy atom. The lowest BCUT2D eigenvalue weighted by Gasteiger charge is -2.04. The van der Waals surface area contributed by atoms with Crippen molar-refractivity contribution in [1.29, 1.82) is 0 Å². The van der Waals surface area contributed by atoms with E-state index >= 15 is 0 Å². The van der Waals surface area contributed by atoms with E-state index in [0.717, 1.165) is 6.54 Å². The van der Waals surface area contributed by atoms with Gasteiger partial charge in [0.1, 0.15) is 0 Å². The first-order valence-electron chi connectivity index (χ1n) is 10.3. The Bertz CT molecular complexity index is 168. The normalized spacial score (nSPS) is 10.7. The lowest BCUT2D eigenvalue weighted by Crippen LogP contribution is -3.00. The average molecular weight is 331 g/mol. The number of nitrogens with one attached hydrogen (secondary N) is 1. The molecule has 0 aromatic heterocycles. The van der Waals surface area contributed by atoms with Gasteiger partial charge in [-0.25, -0.2) is 0 Å². The molecule has 3 heteroatoms. The molecule has 0 aliphatic rings. The van der Waals surface area contributed by atoms with Crippen molar-refractivity contribution < 1.29 is 5.06 Å². The predicted octanol–water partition coefficient (Wildman–Crippen LogP) is 4.84. The van der Waals surface area contributed by atoms with E-state index in [1.807, 2.05) is 0 Å². The van der Waals surface area contributed by atoms with Crippen LogP contribution in [0.25, 0.3) is 0 Å². The molecular weight excluding hydrogens is 284 g/mol. The van der Waals surface area contributed by atoms with Crippen LogP contribution in [0, 0.1) is 5.21 Å². The molecule has 0 aliphatic heterocycles. The monoisotopic (exact) mass is 330 g/mol. The molecular formula is C20H46N2O.